The van der Waals surface area contributed by atoms with E-state index in [2.05, 4.69) is 9.97 Å². The number of carbonyl (C=O) groups is 1. The highest BCUT2D eigenvalue weighted by molar-refractivity contribution is 5.95. The van der Waals surface area contributed by atoms with Crippen LogP contribution in [0.2, 0.25) is 0 Å². The number of benzene rings is 1. The van der Waals surface area contributed by atoms with E-state index < -0.39 is 0 Å². The van der Waals surface area contributed by atoms with Crippen molar-refractivity contribution in [1.82, 2.24) is 14.9 Å². The Balaban J connectivity index is 1.80. The normalized spacial score (nSPS) is 18.0. The number of nitrogens with zero attached hydrogens (tertiary/aromatic N) is 3. The lowest BCUT2D eigenvalue weighted by molar-refractivity contribution is -0.0229. The Morgan fingerprint density at radius 3 is 2.79 bits per heavy atom. The number of hydrogen-bond acceptors (Lipinski definition) is 4. The van der Waals surface area contributed by atoms with Gasteiger partial charge in [-0.1, -0.05) is 26.0 Å². The van der Waals surface area contributed by atoms with Crippen LogP contribution >= 0.6 is 0 Å². The van der Waals surface area contributed by atoms with Crippen LogP contribution in [0.4, 0.5) is 4.39 Å². The van der Waals surface area contributed by atoms with Crippen molar-refractivity contribution in [1.29, 1.82) is 0 Å². The van der Waals surface area contributed by atoms with E-state index in [9.17, 15) is 9.18 Å². The van der Waals surface area contributed by atoms with Crippen LogP contribution < -0.4 is 0 Å². The van der Waals surface area contributed by atoms with Crippen molar-refractivity contribution in [3.05, 3.63) is 59.4 Å². The molecule has 1 fully saturated rings. The zero-order valence-corrected chi connectivity index (χ0v) is 13.8. The van der Waals surface area contributed by atoms with Crippen molar-refractivity contribution in [3.63, 3.8) is 0 Å². The van der Waals surface area contributed by atoms with E-state index in [1.54, 1.807) is 23.2 Å². The highest BCUT2D eigenvalue weighted by Crippen LogP contribution is 2.25. The smallest absolute Gasteiger partial charge is 0.257 e. The summed E-state index contributed by atoms with van der Waals surface area (Å²) in [6.45, 7) is 5.39. The third-order valence-electron chi connectivity index (χ3n) is 4.12. The van der Waals surface area contributed by atoms with Gasteiger partial charge in [0.2, 0.25) is 0 Å². The maximum absolute atomic E-state index is 13.1. The predicted octanol–water partition coefficient (Wildman–Crippen LogP) is 2.95. The van der Waals surface area contributed by atoms with Crippen LogP contribution in [0, 0.1) is 5.82 Å². The summed E-state index contributed by atoms with van der Waals surface area (Å²) in [5.41, 5.74) is 2.15. The molecule has 1 unspecified atom stereocenters. The van der Waals surface area contributed by atoms with Gasteiger partial charge in [-0.2, -0.15) is 0 Å². The lowest BCUT2D eigenvalue weighted by Gasteiger charge is -2.33. The summed E-state index contributed by atoms with van der Waals surface area (Å²) in [5.74, 6) is -0.235. The number of rotatable bonds is 3. The van der Waals surface area contributed by atoms with Gasteiger partial charge in [0.25, 0.3) is 5.91 Å². The molecule has 1 aliphatic heterocycles. The van der Waals surface area contributed by atoms with Crippen LogP contribution in [-0.2, 0) is 4.74 Å². The second-order valence-corrected chi connectivity index (χ2v) is 6.14. The monoisotopic (exact) mass is 329 g/mol. The summed E-state index contributed by atoms with van der Waals surface area (Å²) in [6, 6.07) is 6.20. The number of carbonyl (C=O) groups excluding carboxylic acids is 1. The fourth-order valence-corrected chi connectivity index (χ4v) is 2.85. The molecule has 1 amide bonds. The standard InChI is InChI=1S/C18H20FN3O2/c1-12(2)17-15(9-20-11-21-17)18(23)22-7-8-24-16(10-22)13-3-5-14(19)6-4-13/h3-6,9,11-12,16H,7-8,10H2,1-2H3. The molecule has 5 nitrogen and oxygen atoms in total. The Kier molecular flexibility index (Phi) is 4.85. The molecule has 0 saturated carbocycles. The summed E-state index contributed by atoms with van der Waals surface area (Å²) in [6.07, 6.45) is 2.79. The number of ether oxygens (including phenoxy) is 1. The molecule has 1 aliphatic rings. The molecule has 24 heavy (non-hydrogen) atoms. The van der Waals surface area contributed by atoms with Gasteiger partial charge in [0.05, 0.1) is 24.4 Å². The SMILES string of the molecule is CC(C)c1ncncc1C(=O)N1CCOC(c2ccc(F)cc2)C1. The van der Waals surface area contributed by atoms with E-state index >= 15 is 0 Å². The molecule has 126 valence electrons. The Morgan fingerprint density at radius 2 is 2.08 bits per heavy atom. The molecular weight excluding hydrogens is 309 g/mol. The van der Waals surface area contributed by atoms with Crippen molar-refractivity contribution < 1.29 is 13.9 Å². The summed E-state index contributed by atoms with van der Waals surface area (Å²) in [4.78, 5) is 22.9. The fourth-order valence-electron chi connectivity index (χ4n) is 2.85. The second kappa shape index (κ2) is 7.05. The summed E-state index contributed by atoms with van der Waals surface area (Å²) < 4.78 is 18.8. The van der Waals surface area contributed by atoms with Gasteiger partial charge in [0, 0.05) is 12.7 Å². The minimum atomic E-state index is -0.287. The quantitative estimate of drug-likeness (QED) is 0.869. The van der Waals surface area contributed by atoms with E-state index in [4.69, 9.17) is 4.74 Å². The van der Waals surface area contributed by atoms with Crippen LogP contribution in [0.15, 0.2) is 36.8 Å². The summed E-state index contributed by atoms with van der Waals surface area (Å²) in [5, 5.41) is 0. The van der Waals surface area contributed by atoms with Gasteiger partial charge in [-0.25, -0.2) is 14.4 Å². The minimum Gasteiger partial charge on any atom is -0.370 e. The maximum Gasteiger partial charge on any atom is 0.257 e. The molecule has 2 heterocycles. The van der Waals surface area contributed by atoms with Crippen molar-refractivity contribution in [2.75, 3.05) is 19.7 Å². The Morgan fingerprint density at radius 1 is 1.33 bits per heavy atom. The number of amides is 1. The number of morpholine rings is 1. The third-order valence-corrected chi connectivity index (χ3v) is 4.12. The van der Waals surface area contributed by atoms with Crippen LogP contribution in [-0.4, -0.2) is 40.5 Å². The van der Waals surface area contributed by atoms with E-state index in [0.29, 0.717) is 25.3 Å². The van der Waals surface area contributed by atoms with Gasteiger partial charge < -0.3 is 9.64 Å². The Bertz CT molecular complexity index is 718. The zero-order chi connectivity index (χ0) is 17.1. The molecule has 2 aromatic rings. The Labute approximate surface area is 140 Å². The van der Waals surface area contributed by atoms with Gasteiger partial charge >= 0.3 is 0 Å². The fraction of sp³-hybridized carbons (Fsp3) is 0.389. The molecule has 1 saturated heterocycles. The predicted molar refractivity (Wildman–Crippen MR) is 87.1 cm³/mol. The zero-order valence-electron chi connectivity index (χ0n) is 13.8. The lowest BCUT2D eigenvalue weighted by Crippen LogP contribution is -2.42. The first-order chi connectivity index (χ1) is 11.6. The van der Waals surface area contributed by atoms with E-state index in [1.165, 1.54) is 18.5 Å². The first kappa shape index (κ1) is 16.5. The molecule has 0 bridgehead atoms. The van der Waals surface area contributed by atoms with E-state index in [-0.39, 0.29) is 23.7 Å². The largest absolute Gasteiger partial charge is 0.370 e. The van der Waals surface area contributed by atoms with Gasteiger partial charge in [-0.15, -0.1) is 0 Å². The molecule has 0 radical (unpaired) electrons. The second-order valence-electron chi connectivity index (χ2n) is 6.14. The number of hydrogen-bond donors (Lipinski definition) is 0. The van der Waals surface area contributed by atoms with Gasteiger partial charge in [-0.05, 0) is 23.6 Å². The highest BCUT2D eigenvalue weighted by Gasteiger charge is 2.28. The topological polar surface area (TPSA) is 55.3 Å². The van der Waals surface area contributed by atoms with Crippen LogP contribution in [0.1, 0.15) is 47.5 Å². The molecule has 3 rings (SSSR count). The van der Waals surface area contributed by atoms with E-state index in [1.807, 2.05) is 13.8 Å². The first-order valence-electron chi connectivity index (χ1n) is 8.02. The Hall–Kier alpha value is -2.34. The van der Waals surface area contributed by atoms with Crippen molar-refractivity contribution in [3.8, 4) is 0 Å². The van der Waals surface area contributed by atoms with Gasteiger partial charge in [-0.3, -0.25) is 4.79 Å². The minimum absolute atomic E-state index is 0.0882. The van der Waals surface area contributed by atoms with Crippen LogP contribution in [0.25, 0.3) is 0 Å². The van der Waals surface area contributed by atoms with E-state index in [0.717, 1.165) is 11.3 Å². The van der Waals surface area contributed by atoms with Crippen LogP contribution in [0.5, 0.6) is 0 Å². The molecule has 1 aromatic carbocycles. The van der Waals surface area contributed by atoms with Crippen LogP contribution in [0.3, 0.4) is 0 Å². The van der Waals surface area contributed by atoms with Gasteiger partial charge in [0.1, 0.15) is 18.2 Å². The van der Waals surface area contributed by atoms with Crippen molar-refractivity contribution in [2.24, 2.45) is 0 Å². The number of aromatic nitrogens is 2. The molecule has 6 heteroatoms. The first-order valence-corrected chi connectivity index (χ1v) is 8.02. The van der Waals surface area contributed by atoms with Crippen molar-refractivity contribution >= 4 is 5.91 Å². The van der Waals surface area contributed by atoms with Gasteiger partial charge in [0.15, 0.2) is 0 Å². The molecule has 0 spiro atoms. The summed E-state index contributed by atoms with van der Waals surface area (Å²) in [7, 11) is 0. The molecule has 1 aromatic heterocycles. The molecular formula is C18H20FN3O2. The average Bonchev–Trinajstić information content (AvgIpc) is 2.62. The molecule has 1 atom stereocenters. The van der Waals surface area contributed by atoms with Crippen molar-refractivity contribution in [2.45, 2.75) is 25.9 Å². The lowest BCUT2D eigenvalue weighted by atomic mass is 10.0. The molecule has 0 aliphatic carbocycles. The summed E-state index contributed by atoms with van der Waals surface area (Å²) >= 11 is 0. The molecule has 0 N–H and O–H groups in total. The number of halogens is 1. The average molecular weight is 329 g/mol. The third kappa shape index (κ3) is 3.43. The highest BCUT2D eigenvalue weighted by atomic mass is 19.1. The maximum atomic E-state index is 13.1.